The van der Waals surface area contributed by atoms with Crippen molar-refractivity contribution in [3.8, 4) is 0 Å². The van der Waals surface area contributed by atoms with Crippen LogP contribution in [0.25, 0.3) is 0 Å². The molecule has 35 heavy (non-hydrogen) atoms. The van der Waals surface area contributed by atoms with Gasteiger partial charge in [-0.1, -0.05) is 0 Å². The smallest absolute Gasteiger partial charge is 0.255 e. The van der Waals surface area contributed by atoms with E-state index in [1.165, 1.54) is 30.3 Å². The quantitative estimate of drug-likeness (QED) is 0.553. The van der Waals surface area contributed by atoms with E-state index < -0.39 is 11.7 Å². The minimum Gasteiger partial charge on any atom is -0.379 e. The molecule has 2 fully saturated rings. The number of ether oxygens (including phenoxy) is 1. The second-order valence-electron chi connectivity index (χ2n) is 8.21. The number of nitrogens with one attached hydrogen (secondary N) is 3. The lowest BCUT2D eigenvalue weighted by Crippen LogP contribution is -2.50. The zero-order valence-electron chi connectivity index (χ0n) is 19.0. The summed E-state index contributed by atoms with van der Waals surface area (Å²) in [6.07, 6.45) is 0.469. The summed E-state index contributed by atoms with van der Waals surface area (Å²) in [5.41, 5.74) is 3.51. The predicted molar refractivity (Wildman–Crippen MR) is 126 cm³/mol. The van der Waals surface area contributed by atoms with Crippen LogP contribution in [0.2, 0.25) is 0 Å². The van der Waals surface area contributed by atoms with Gasteiger partial charge in [0, 0.05) is 50.1 Å². The van der Waals surface area contributed by atoms with E-state index in [4.69, 9.17) is 4.74 Å². The SMILES string of the molecule is O=C(CCN1CCOCC1)Nc1cc(NC(=O)c2ccc(N3NC(=O)CCC3=O)cc2)ccc1F. The lowest BCUT2D eigenvalue weighted by Gasteiger charge is -2.27. The van der Waals surface area contributed by atoms with E-state index in [0.717, 1.165) is 18.1 Å². The van der Waals surface area contributed by atoms with Crippen molar-refractivity contribution in [2.24, 2.45) is 0 Å². The fraction of sp³-hybridized carbons (Fsp3) is 0.333. The zero-order valence-corrected chi connectivity index (χ0v) is 19.0. The van der Waals surface area contributed by atoms with Crippen LogP contribution in [-0.4, -0.2) is 61.4 Å². The lowest BCUT2D eigenvalue weighted by molar-refractivity contribution is -0.130. The number of halogens is 1. The van der Waals surface area contributed by atoms with Crippen LogP contribution >= 0.6 is 0 Å². The molecule has 0 saturated carbocycles. The molecule has 4 amide bonds. The van der Waals surface area contributed by atoms with Gasteiger partial charge in [-0.15, -0.1) is 0 Å². The summed E-state index contributed by atoms with van der Waals surface area (Å²) in [5.74, 6) is -1.89. The Morgan fingerprint density at radius 2 is 1.74 bits per heavy atom. The number of carbonyl (C=O) groups excluding carboxylic acids is 4. The Kier molecular flexibility index (Phi) is 7.68. The van der Waals surface area contributed by atoms with Crippen molar-refractivity contribution in [2.75, 3.05) is 48.5 Å². The Bertz CT molecular complexity index is 1120. The molecule has 2 aromatic carbocycles. The van der Waals surface area contributed by atoms with Gasteiger partial charge in [0.15, 0.2) is 0 Å². The second kappa shape index (κ2) is 11.1. The summed E-state index contributed by atoms with van der Waals surface area (Å²) < 4.78 is 19.5. The van der Waals surface area contributed by atoms with Gasteiger partial charge in [-0.05, 0) is 42.5 Å². The van der Waals surface area contributed by atoms with Crippen molar-refractivity contribution in [3.05, 3.63) is 53.8 Å². The molecule has 2 aliphatic rings. The molecule has 0 aromatic heterocycles. The molecule has 0 atom stereocenters. The molecular weight excluding hydrogens is 457 g/mol. The number of benzene rings is 2. The van der Waals surface area contributed by atoms with E-state index in [1.54, 1.807) is 12.1 Å². The maximum absolute atomic E-state index is 14.2. The number of amides is 4. The highest BCUT2D eigenvalue weighted by Gasteiger charge is 2.24. The topological polar surface area (TPSA) is 120 Å². The van der Waals surface area contributed by atoms with Crippen LogP contribution in [0.1, 0.15) is 29.6 Å². The number of carbonyl (C=O) groups is 4. The number of anilines is 3. The van der Waals surface area contributed by atoms with Crippen molar-refractivity contribution < 1.29 is 28.3 Å². The molecule has 0 unspecified atom stereocenters. The highest BCUT2D eigenvalue weighted by molar-refractivity contribution is 6.06. The minimum absolute atomic E-state index is 0.0236. The molecule has 3 N–H and O–H groups in total. The Hall–Kier alpha value is -3.83. The monoisotopic (exact) mass is 483 g/mol. The first-order valence-corrected chi connectivity index (χ1v) is 11.3. The summed E-state index contributed by atoms with van der Waals surface area (Å²) in [4.78, 5) is 50.6. The van der Waals surface area contributed by atoms with Crippen molar-refractivity contribution in [1.82, 2.24) is 10.3 Å². The number of hydrazine groups is 1. The highest BCUT2D eigenvalue weighted by atomic mass is 19.1. The standard InChI is InChI=1S/C24H26FN5O5/c25-19-6-3-17(15-20(19)27-21(31)9-10-29-11-13-35-14-12-29)26-24(34)16-1-4-18(5-2-16)30-23(33)8-7-22(32)28-30/h1-6,15H,7-14H2,(H,26,34)(H,27,31)(H,28,32). The largest absolute Gasteiger partial charge is 0.379 e. The molecule has 11 heteroatoms. The number of nitrogens with zero attached hydrogens (tertiary/aromatic N) is 2. The normalized spacial score (nSPS) is 16.5. The summed E-state index contributed by atoms with van der Waals surface area (Å²) in [5, 5.41) is 6.38. The third-order valence-corrected chi connectivity index (χ3v) is 5.70. The zero-order chi connectivity index (χ0) is 24.8. The average molecular weight is 484 g/mol. The van der Waals surface area contributed by atoms with Crippen LogP contribution in [-0.2, 0) is 19.1 Å². The maximum atomic E-state index is 14.2. The van der Waals surface area contributed by atoms with Gasteiger partial charge < -0.3 is 15.4 Å². The Labute approximate surface area is 201 Å². The van der Waals surface area contributed by atoms with Gasteiger partial charge in [-0.2, -0.15) is 0 Å². The second-order valence-corrected chi connectivity index (χ2v) is 8.21. The van der Waals surface area contributed by atoms with Crippen LogP contribution in [0.5, 0.6) is 0 Å². The van der Waals surface area contributed by atoms with E-state index in [1.807, 2.05) is 0 Å². The van der Waals surface area contributed by atoms with Crippen LogP contribution < -0.4 is 21.1 Å². The Morgan fingerprint density at radius 1 is 1.00 bits per heavy atom. The molecule has 0 spiro atoms. The fourth-order valence-electron chi connectivity index (χ4n) is 3.74. The Morgan fingerprint density at radius 3 is 2.49 bits per heavy atom. The van der Waals surface area contributed by atoms with Crippen molar-refractivity contribution in [2.45, 2.75) is 19.3 Å². The van der Waals surface area contributed by atoms with Crippen LogP contribution in [0.3, 0.4) is 0 Å². The average Bonchev–Trinajstić information content (AvgIpc) is 2.87. The first kappa shape index (κ1) is 24.3. The van der Waals surface area contributed by atoms with Gasteiger partial charge >= 0.3 is 0 Å². The van der Waals surface area contributed by atoms with Crippen molar-refractivity contribution in [3.63, 3.8) is 0 Å². The summed E-state index contributed by atoms with van der Waals surface area (Å²) in [6.45, 7) is 3.33. The van der Waals surface area contributed by atoms with Gasteiger partial charge in [0.05, 0.1) is 24.6 Å². The van der Waals surface area contributed by atoms with Gasteiger partial charge in [0.1, 0.15) is 5.82 Å². The van der Waals surface area contributed by atoms with Crippen LogP contribution in [0.4, 0.5) is 21.5 Å². The molecule has 10 nitrogen and oxygen atoms in total. The highest BCUT2D eigenvalue weighted by Crippen LogP contribution is 2.22. The van der Waals surface area contributed by atoms with Crippen molar-refractivity contribution >= 4 is 40.7 Å². The third kappa shape index (κ3) is 6.40. The van der Waals surface area contributed by atoms with Crippen LogP contribution in [0.15, 0.2) is 42.5 Å². The van der Waals surface area contributed by atoms with Crippen molar-refractivity contribution in [1.29, 1.82) is 0 Å². The lowest BCUT2D eigenvalue weighted by atomic mass is 10.1. The molecule has 0 aliphatic carbocycles. The molecule has 0 radical (unpaired) electrons. The molecular formula is C24H26FN5O5. The molecule has 2 aliphatic heterocycles. The molecule has 2 saturated heterocycles. The van der Waals surface area contributed by atoms with Crippen LogP contribution in [0, 0.1) is 5.82 Å². The predicted octanol–water partition coefficient (Wildman–Crippen LogP) is 1.90. The van der Waals surface area contributed by atoms with Gasteiger partial charge in [-0.25, -0.2) is 9.40 Å². The molecule has 2 heterocycles. The molecule has 184 valence electrons. The maximum Gasteiger partial charge on any atom is 0.255 e. The first-order chi connectivity index (χ1) is 16.9. The minimum atomic E-state index is -0.611. The first-order valence-electron chi connectivity index (χ1n) is 11.3. The number of rotatable bonds is 7. The molecule has 2 aromatic rings. The number of morpholine rings is 1. The van der Waals surface area contributed by atoms with E-state index in [0.29, 0.717) is 36.7 Å². The van der Waals surface area contributed by atoms with E-state index >= 15 is 0 Å². The van der Waals surface area contributed by atoms with Gasteiger partial charge in [0.25, 0.3) is 5.91 Å². The van der Waals surface area contributed by atoms with E-state index in [-0.39, 0.29) is 42.7 Å². The third-order valence-electron chi connectivity index (χ3n) is 5.70. The van der Waals surface area contributed by atoms with Gasteiger partial charge in [0.2, 0.25) is 17.7 Å². The number of hydrogen-bond donors (Lipinski definition) is 3. The molecule has 4 rings (SSSR count). The summed E-state index contributed by atoms with van der Waals surface area (Å²) in [6, 6.07) is 10.0. The number of hydrogen-bond acceptors (Lipinski definition) is 6. The Balaban J connectivity index is 1.35. The van der Waals surface area contributed by atoms with E-state index in [9.17, 15) is 23.6 Å². The van der Waals surface area contributed by atoms with E-state index in [2.05, 4.69) is 21.0 Å². The summed E-state index contributed by atoms with van der Waals surface area (Å²) >= 11 is 0. The van der Waals surface area contributed by atoms with Gasteiger partial charge in [-0.3, -0.25) is 29.5 Å². The molecule has 0 bridgehead atoms. The fourth-order valence-corrected chi connectivity index (χ4v) is 3.74. The summed E-state index contributed by atoms with van der Waals surface area (Å²) in [7, 11) is 0.